The Labute approximate surface area is 289 Å². The Morgan fingerprint density at radius 2 is 1.72 bits per heavy atom. The van der Waals surface area contributed by atoms with Gasteiger partial charge in [-0.15, -0.1) is 0 Å². The van der Waals surface area contributed by atoms with Gasteiger partial charge in [-0.25, -0.2) is 0 Å². The van der Waals surface area contributed by atoms with Crippen molar-refractivity contribution in [3.63, 3.8) is 0 Å². The van der Waals surface area contributed by atoms with E-state index < -0.39 is 46.8 Å². The Hall–Kier alpha value is -3.86. The van der Waals surface area contributed by atoms with Crippen molar-refractivity contribution in [1.82, 2.24) is 9.91 Å². The summed E-state index contributed by atoms with van der Waals surface area (Å²) in [5, 5.41) is 13.1. The van der Waals surface area contributed by atoms with E-state index in [0.29, 0.717) is 38.5 Å². The SMILES string of the molecule is CCN1C(=O)[C@H]2[C@H](CC=C3[C@H]2C[C@H]2C(=O)N(Nc4ccc(Cl)cc4Cl)C(=O)[C@@]2(c2ccc(OC)cc2)[C@H]3c2cc(Br)ccc2O)C1=O. The number of carbonyl (C=O) groups excluding carboxylic acids is 4. The molecule has 0 aromatic heterocycles. The molecule has 3 fully saturated rings. The Kier molecular flexibility index (Phi) is 7.88. The molecule has 0 radical (unpaired) electrons. The summed E-state index contributed by atoms with van der Waals surface area (Å²) in [7, 11) is 1.54. The molecule has 3 aromatic carbocycles. The quantitative estimate of drug-likeness (QED) is 0.220. The van der Waals surface area contributed by atoms with Crippen molar-refractivity contribution in [2.75, 3.05) is 19.1 Å². The number of hydrazine groups is 1. The molecule has 1 saturated carbocycles. The number of rotatable bonds is 6. The van der Waals surface area contributed by atoms with Crippen molar-refractivity contribution < 1.29 is 29.0 Å². The van der Waals surface area contributed by atoms with Crippen LogP contribution in [0.25, 0.3) is 0 Å². The fraction of sp³-hybridized carbons (Fsp3) is 0.314. The zero-order valence-corrected chi connectivity index (χ0v) is 28.5. The summed E-state index contributed by atoms with van der Waals surface area (Å²) in [6, 6.07) is 16.7. The van der Waals surface area contributed by atoms with Crippen LogP contribution in [-0.4, -0.2) is 52.3 Å². The number of fused-ring (bicyclic) bond motifs is 4. The number of ether oxygens (including phenoxy) is 1. The van der Waals surface area contributed by atoms with E-state index in [0.717, 1.165) is 10.6 Å². The zero-order chi connectivity index (χ0) is 33.4. The van der Waals surface area contributed by atoms with Crippen LogP contribution in [0, 0.1) is 23.7 Å². The predicted octanol–water partition coefficient (Wildman–Crippen LogP) is 6.47. The molecule has 0 bridgehead atoms. The van der Waals surface area contributed by atoms with Crippen molar-refractivity contribution in [2.24, 2.45) is 23.7 Å². The van der Waals surface area contributed by atoms with Crippen molar-refractivity contribution in [2.45, 2.75) is 31.1 Å². The van der Waals surface area contributed by atoms with Gasteiger partial charge in [0.25, 0.3) is 11.8 Å². The monoisotopic (exact) mass is 737 g/mol. The number of amides is 4. The number of phenols is 1. The number of hydrogen-bond acceptors (Lipinski definition) is 7. The topological polar surface area (TPSA) is 116 Å². The van der Waals surface area contributed by atoms with Crippen molar-refractivity contribution in [3.05, 3.63) is 98.0 Å². The molecule has 9 nitrogen and oxygen atoms in total. The maximum Gasteiger partial charge on any atom is 0.260 e. The van der Waals surface area contributed by atoms with Crippen LogP contribution in [0.15, 0.2) is 76.8 Å². The van der Waals surface area contributed by atoms with Gasteiger partial charge in [0, 0.05) is 27.5 Å². The Morgan fingerprint density at radius 1 is 0.979 bits per heavy atom. The van der Waals surface area contributed by atoms with E-state index in [-0.39, 0.29) is 35.6 Å². The third kappa shape index (κ3) is 4.63. The van der Waals surface area contributed by atoms with E-state index in [1.807, 2.05) is 6.08 Å². The third-order valence-electron chi connectivity index (χ3n) is 10.3. The molecule has 47 heavy (non-hydrogen) atoms. The van der Waals surface area contributed by atoms with E-state index in [1.165, 1.54) is 18.1 Å². The maximum atomic E-state index is 15.2. The number of nitrogens with one attached hydrogen (secondary N) is 1. The number of benzene rings is 3. The van der Waals surface area contributed by atoms with Crippen LogP contribution < -0.4 is 10.2 Å². The van der Waals surface area contributed by atoms with E-state index in [4.69, 9.17) is 27.9 Å². The number of halogens is 3. The molecule has 2 N–H and O–H groups in total. The average Bonchev–Trinajstić information content (AvgIpc) is 3.43. The van der Waals surface area contributed by atoms with Gasteiger partial charge in [-0.2, -0.15) is 5.01 Å². The van der Waals surface area contributed by atoms with Gasteiger partial charge in [0.2, 0.25) is 11.8 Å². The summed E-state index contributed by atoms with van der Waals surface area (Å²) < 4.78 is 6.09. The molecule has 242 valence electrons. The van der Waals surface area contributed by atoms with Crippen LogP contribution in [0.4, 0.5) is 5.69 Å². The summed E-state index contributed by atoms with van der Waals surface area (Å²) in [6.45, 7) is 2.02. The number of imide groups is 2. The van der Waals surface area contributed by atoms with Crippen LogP contribution in [0.5, 0.6) is 11.5 Å². The number of methoxy groups -OCH3 is 1. The highest BCUT2D eigenvalue weighted by Gasteiger charge is 2.70. The highest BCUT2D eigenvalue weighted by Crippen LogP contribution is 2.65. The molecule has 2 aliphatic heterocycles. The second-order valence-electron chi connectivity index (χ2n) is 12.3. The number of phenolic OH excluding ortho intramolecular Hbond substituents is 1. The number of nitrogens with zero attached hydrogens (tertiary/aromatic N) is 2. The minimum Gasteiger partial charge on any atom is -0.508 e. The number of aromatic hydroxyl groups is 1. The Bertz CT molecular complexity index is 1880. The highest BCUT2D eigenvalue weighted by atomic mass is 79.9. The zero-order valence-electron chi connectivity index (χ0n) is 25.4. The van der Waals surface area contributed by atoms with Gasteiger partial charge >= 0.3 is 0 Å². The largest absolute Gasteiger partial charge is 0.508 e. The molecule has 6 atom stereocenters. The molecular weight excluding hydrogens is 709 g/mol. The molecule has 2 saturated heterocycles. The standard InChI is InChI=1S/C35H30BrCl2N3O6/c1-3-40-31(43)22-11-10-21-23(29(22)33(40)45)16-25-32(44)41(39-27-12-7-19(37)15-26(27)38)34(46)35(25,17-4-8-20(47-2)9-5-17)30(21)24-14-18(36)6-13-28(24)42/h4-10,12-15,22-23,25,29-30,39,42H,3,11,16H2,1-2H3/t22-,23+,25-,29-,30+,35+/m0/s1. The molecule has 7 rings (SSSR count). The highest BCUT2D eigenvalue weighted by molar-refractivity contribution is 9.10. The van der Waals surface area contributed by atoms with Gasteiger partial charge < -0.3 is 9.84 Å². The molecule has 12 heteroatoms. The van der Waals surface area contributed by atoms with Crippen molar-refractivity contribution >= 4 is 68.4 Å². The van der Waals surface area contributed by atoms with Gasteiger partial charge in [0.15, 0.2) is 0 Å². The summed E-state index contributed by atoms with van der Waals surface area (Å²) >= 11 is 16.2. The first-order valence-electron chi connectivity index (χ1n) is 15.3. The minimum absolute atomic E-state index is 0.0649. The van der Waals surface area contributed by atoms with E-state index in [9.17, 15) is 19.5 Å². The number of hydrogen-bond donors (Lipinski definition) is 2. The molecule has 4 aliphatic rings. The molecule has 4 amide bonds. The van der Waals surface area contributed by atoms with E-state index in [1.54, 1.807) is 61.5 Å². The summed E-state index contributed by atoms with van der Waals surface area (Å²) in [5.41, 5.74) is 3.43. The fourth-order valence-corrected chi connectivity index (χ4v) is 9.15. The van der Waals surface area contributed by atoms with E-state index >= 15 is 4.79 Å². The summed E-state index contributed by atoms with van der Waals surface area (Å²) in [6.07, 6.45) is 2.39. The number of carbonyl (C=O) groups is 4. The number of likely N-dealkylation sites (tertiary alicyclic amines) is 1. The van der Waals surface area contributed by atoms with Gasteiger partial charge in [-0.05, 0) is 79.8 Å². The van der Waals surface area contributed by atoms with Crippen LogP contribution in [0.3, 0.4) is 0 Å². The second-order valence-corrected chi connectivity index (χ2v) is 14.1. The van der Waals surface area contributed by atoms with Crippen LogP contribution in [0.1, 0.15) is 36.8 Å². The maximum absolute atomic E-state index is 15.2. The lowest BCUT2D eigenvalue weighted by atomic mass is 9.49. The Balaban J connectivity index is 1.48. The number of anilines is 1. The summed E-state index contributed by atoms with van der Waals surface area (Å²) in [4.78, 5) is 58.4. The first kappa shape index (κ1) is 31.7. The lowest BCUT2D eigenvalue weighted by Gasteiger charge is -2.50. The fourth-order valence-electron chi connectivity index (χ4n) is 8.32. The predicted molar refractivity (Wildman–Crippen MR) is 179 cm³/mol. The molecule has 2 aliphatic carbocycles. The van der Waals surface area contributed by atoms with E-state index in [2.05, 4.69) is 21.4 Å². The van der Waals surface area contributed by atoms with Crippen molar-refractivity contribution in [3.8, 4) is 11.5 Å². The third-order valence-corrected chi connectivity index (χ3v) is 11.3. The average molecular weight is 739 g/mol. The van der Waals surface area contributed by atoms with Gasteiger partial charge in [0.05, 0.1) is 41.0 Å². The lowest BCUT2D eigenvalue weighted by Crippen LogP contribution is -2.53. The van der Waals surface area contributed by atoms with Gasteiger partial charge in [0.1, 0.15) is 11.5 Å². The van der Waals surface area contributed by atoms with Gasteiger partial charge in [-0.3, -0.25) is 29.5 Å². The minimum atomic E-state index is -1.56. The van der Waals surface area contributed by atoms with Crippen molar-refractivity contribution in [1.29, 1.82) is 0 Å². The molecule has 3 aromatic rings. The normalized spacial score (nSPS) is 28.2. The molecule has 0 unspecified atom stereocenters. The first-order valence-corrected chi connectivity index (χ1v) is 16.9. The molecule has 0 spiro atoms. The van der Waals surface area contributed by atoms with Crippen LogP contribution in [0.2, 0.25) is 10.0 Å². The number of allylic oxidation sites excluding steroid dienone is 2. The smallest absolute Gasteiger partial charge is 0.260 e. The summed E-state index contributed by atoms with van der Waals surface area (Å²) in [5.74, 6) is -4.69. The molecule has 2 heterocycles. The first-order chi connectivity index (χ1) is 22.5. The molecular formula is C35H30BrCl2N3O6. The lowest BCUT2D eigenvalue weighted by molar-refractivity contribution is -0.141. The van der Waals surface area contributed by atoms with Crippen LogP contribution >= 0.6 is 39.1 Å². The van der Waals surface area contributed by atoms with Gasteiger partial charge in [-0.1, -0.05) is 62.9 Å². The van der Waals surface area contributed by atoms with Crippen LogP contribution in [-0.2, 0) is 24.6 Å². The Morgan fingerprint density at radius 3 is 2.40 bits per heavy atom. The second kappa shape index (κ2) is 11.7.